The second kappa shape index (κ2) is 7.69. The van der Waals surface area contributed by atoms with Crippen LogP contribution in [0.25, 0.3) is 5.69 Å². The predicted molar refractivity (Wildman–Crippen MR) is 110 cm³/mol. The molecule has 3 aromatic rings. The third-order valence-corrected chi connectivity index (χ3v) is 7.26. The van der Waals surface area contributed by atoms with E-state index in [4.69, 9.17) is 0 Å². The highest BCUT2D eigenvalue weighted by Gasteiger charge is 2.30. The second-order valence-corrected chi connectivity index (χ2v) is 9.79. The lowest BCUT2D eigenvalue weighted by molar-refractivity contribution is 0.0973. The van der Waals surface area contributed by atoms with Crippen molar-refractivity contribution in [2.75, 3.05) is 6.54 Å². The van der Waals surface area contributed by atoms with Crippen LogP contribution >= 0.6 is 11.3 Å². The molecule has 29 heavy (non-hydrogen) atoms. The van der Waals surface area contributed by atoms with Crippen LogP contribution < -0.4 is 4.72 Å². The third kappa shape index (κ3) is 3.96. The summed E-state index contributed by atoms with van der Waals surface area (Å²) in [4.78, 5) is 17.9. The van der Waals surface area contributed by atoms with Gasteiger partial charge in [0.15, 0.2) is 5.69 Å². The van der Waals surface area contributed by atoms with Gasteiger partial charge in [-0.1, -0.05) is 13.8 Å². The summed E-state index contributed by atoms with van der Waals surface area (Å²) in [5.41, 5.74) is 2.61. The van der Waals surface area contributed by atoms with E-state index in [0.717, 1.165) is 16.9 Å². The van der Waals surface area contributed by atoms with Gasteiger partial charge < -0.3 is 0 Å². The summed E-state index contributed by atoms with van der Waals surface area (Å²) in [6.45, 7) is 4.58. The Hall–Kier alpha value is -2.56. The number of nitrogens with one attached hydrogen (secondary N) is 1. The molecule has 10 heteroatoms. The van der Waals surface area contributed by atoms with Crippen LogP contribution in [0.3, 0.4) is 0 Å². The van der Waals surface area contributed by atoms with Gasteiger partial charge in [-0.25, -0.2) is 9.40 Å². The van der Waals surface area contributed by atoms with Crippen LogP contribution in [-0.2, 0) is 23.2 Å². The highest BCUT2D eigenvalue weighted by molar-refractivity contribution is 7.87. The molecule has 4 rings (SSSR count). The molecule has 0 bridgehead atoms. The van der Waals surface area contributed by atoms with Crippen LogP contribution in [-0.4, -0.2) is 39.9 Å². The first-order valence-corrected chi connectivity index (χ1v) is 11.5. The summed E-state index contributed by atoms with van der Waals surface area (Å²) in [6.07, 6.45) is 3.93. The fourth-order valence-corrected chi connectivity index (χ4v) is 5.27. The van der Waals surface area contributed by atoms with Gasteiger partial charge in [0.1, 0.15) is 0 Å². The summed E-state index contributed by atoms with van der Waals surface area (Å²) in [7, 11) is -3.96. The molecule has 0 spiro atoms. The van der Waals surface area contributed by atoms with E-state index in [2.05, 4.69) is 14.8 Å². The van der Waals surface area contributed by atoms with E-state index in [-0.39, 0.29) is 18.2 Å². The van der Waals surface area contributed by atoms with Gasteiger partial charge in [-0.2, -0.15) is 17.8 Å². The van der Waals surface area contributed by atoms with Crippen LogP contribution in [0.2, 0.25) is 0 Å². The minimum atomic E-state index is -3.96. The topological polar surface area (TPSA) is 97.2 Å². The smallest absolute Gasteiger partial charge is 0.266 e. The first-order chi connectivity index (χ1) is 13.8. The molecule has 0 unspecified atom stereocenters. The monoisotopic (exact) mass is 431 g/mol. The zero-order valence-corrected chi connectivity index (χ0v) is 17.7. The standard InChI is InChI=1S/C19H21N5O3S2/c1-13(2)17-11-16(21-24(17)15-3-7-20-8-4-15)19(25)22-29(26,27)23-9-5-18-14(12-23)6-10-28-18/h3-4,6-8,10-11,13H,5,9,12H2,1-2H3,(H,22,25). The predicted octanol–water partition coefficient (Wildman–Crippen LogP) is 2.49. The van der Waals surface area contributed by atoms with Crippen molar-refractivity contribution in [1.82, 2.24) is 23.8 Å². The summed E-state index contributed by atoms with van der Waals surface area (Å²) >= 11 is 1.63. The number of aromatic nitrogens is 3. The molecule has 1 amide bonds. The molecule has 152 valence electrons. The lowest BCUT2D eigenvalue weighted by Crippen LogP contribution is -2.45. The first-order valence-electron chi connectivity index (χ1n) is 9.23. The highest BCUT2D eigenvalue weighted by atomic mass is 32.2. The fraction of sp³-hybridized carbons (Fsp3) is 0.316. The Morgan fingerprint density at radius 1 is 1.24 bits per heavy atom. The van der Waals surface area contributed by atoms with Gasteiger partial charge in [0.25, 0.3) is 5.91 Å². The molecule has 3 aromatic heterocycles. The summed E-state index contributed by atoms with van der Waals surface area (Å²) in [6, 6.07) is 7.12. The molecule has 0 aromatic carbocycles. The van der Waals surface area contributed by atoms with Crippen LogP contribution in [0.15, 0.2) is 42.0 Å². The van der Waals surface area contributed by atoms with Gasteiger partial charge >= 0.3 is 10.2 Å². The maximum absolute atomic E-state index is 12.8. The summed E-state index contributed by atoms with van der Waals surface area (Å²) in [5, 5.41) is 6.31. The van der Waals surface area contributed by atoms with Crippen LogP contribution in [0.1, 0.15) is 46.4 Å². The van der Waals surface area contributed by atoms with E-state index in [1.165, 1.54) is 9.18 Å². The lowest BCUT2D eigenvalue weighted by Gasteiger charge is -2.25. The van der Waals surface area contributed by atoms with E-state index in [1.807, 2.05) is 25.3 Å². The normalized spacial score (nSPS) is 14.7. The van der Waals surface area contributed by atoms with Gasteiger partial charge in [0.05, 0.1) is 5.69 Å². The van der Waals surface area contributed by atoms with E-state index in [1.54, 1.807) is 46.6 Å². The minimum Gasteiger partial charge on any atom is -0.266 e. The number of hydrogen-bond acceptors (Lipinski definition) is 6. The third-order valence-electron chi connectivity index (χ3n) is 4.80. The number of thiophene rings is 1. The van der Waals surface area contributed by atoms with Crippen LogP contribution in [0, 0.1) is 0 Å². The van der Waals surface area contributed by atoms with E-state index in [9.17, 15) is 13.2 Å². The van der Waals surface area contributed by atoms with Gasteiger partial charge in [-0.15, -0.1) is 11.3 Å². The molecular formula is C19H21N5O3S2. The Labute approximate surface area is 173 Å². The molecule has 0 radical (unpaired) electrons. The van der Waals surface area contributed by atoms with Crippen LogP contribution in [0.4, 0.5) is 0 Å². The Kier molecular flexibility index (Phi) is 5.24. The van der Waals surface area contributed by atoms with Crippen LogP contribution in [0.5, 0.6) is 0 Å². The number of carbonyl (C=O) groups excluding carboxylic acids is 1. The van der Waals surface area contributed by atoms with Gasteiger partial charge in [-0.3, -0.25) is 9.78 Å². The number of hydrogen-bond donors (Lipinski definition) is 1. The number of nitrogens with zero attached hydrogens (tertiary/aromatic N) is 4. The molecule has 0 fully saturated rings. The molecule has 0 saturated carbocycles. The average Bonchev–Trinajstić information content (AvgIpc) is 3.35. The molecule has 0 saturated heterocycles. The second-order valence-electron chi connectivity index (χ2n) is 7.12. The zero-order chi connectivity index (χ0) is 20.6. The Balaban J connectivity index is 1.57. The number of pyridine rings is 1. The summed E-state index contributed by atoms with van der Waals surface area (Å²) in [5.74, 6) is -0.649. The molecular weight excluding hydrogens is 410 g/mol. The largest absolute Gasteiger partial charge is 0.304 e. The average molecular weight is 432 g/mol. The molecule has 1 N–H and O–H groups in total. The number of rotatable bonds is 5. The first kappa shape index (κ1) is 19.7. The quantitative estimate of drug-likeness (QED) is 0.669. The minimum absolute atomic E-state index is 0.0577. The van der Waals surface area contributed by atoms with Crippen molar-refractivity contribution < 1.29 is 13.2 Å². The molecule has 1 aliphatic heterocycles. The van der Waals surface area contributed by atoms with Crippen molar-refractivity contribution in [1.29, 1.82) is 0 Å². The van der Waals surface area contributed by atoms with Crippen molar-refractivity contribution >= 4 is 27.5 Å². The maximum Gasteiger partial charge on any atom is 0.304 e. The molecule has 0 aliphatic carbocycles. The van der Waals surface area contributed by atoms with Gasteiger partial charge in [0, 0.05) is 36.1 Å². The molecule has 4 heterocycles. The molecule has 0 atom stereocenters. The lowest BCUT2D eigenvalue weighted by atomic mass is 10.1. The van der Waals surface area contributed by atoms with Crippen molar-refractivity contribution in [3.63, 3.8) is 0 Å². The maximum atomic E-state index is 12.8. The SMILES string of the molecule is CC(C)c1cc(C(=O)NS(=O)(=O)N2CCc3sccc3C2)nn1-c1ccncc1. The number of carbonyl (C=O) groups is 1. The Morgan fingerprint density at radius 3 is 2.72 bits per heavy atom. The molecule has 1 aliphatic rings. The van der Waals surface area contributed by atoms with Crippen molar-refractivity contribution in [2.45, 2.75) is 32.7 Å². The van der Waals surface area contributed by atoms with Gasteiger partial charge in [-0.05, 0) is 47.5 Å². The van der Waals surface area contributed by atoms with E-state index >= 15 is 0 Å². The molecule has 8 nitrogen and oxygen atoms in total. The Morgan fingerprint density at radius 2 is 2.00 bits per heavy atom. The zero-order valence-electron chi connectivity index (χ0n) is 16.1. The van der Waals surface area contributed by atoms with Crippen molar-refractivity contribution in [3.8, 4) is 5.69 Å². The van der Waals surface area contributed by atoms with Gasteiger partial charge in [0.2, 0.25) is 0 Å². The fourth-order valence-electron chi connectivity index (χ4n) is 3.27. The van der Waals surface area contributed by atoms with Crippen molar-refractivity contribution in [3.05, 3.63) is 63.9 Å². The Bertz CT molecular complexity index is 1140. The number of amides is 1. The van der Waals surface area contributed by atoms with E-state index < -0.39 is 16.1 Å². The highest BCUT2D eigenvalue weighted by Crippen LogP contribution is 2.25. The van der Waals surface area contributed by atoms with E-state index in [0.29, 0.717) is 13.0 Å². The van der Waals surface area contributed by atoms with Crippen molar-refractivity contribution in [2.24, 2.45) is 0 Å². The number of fused-ring (bicyclic) bond motifs is 1. The summed E-state index contributed by atoms with van der Waals surface area (Å²) < 4.78 is 30.6.